The highest BCUT2D eigenvalue weighted by Crippen LogP contribution is 2.16. The lowest BCUT2D eigenvalue weighted by atomic mass is 10.0. The Bertz CT molecular complexity index is 1080. The van der Waals surface area contributed by atoms with Crippen molar-refractivity contribution in [3.63, 3.8) is 0 Å². The van der Waals surface area contributed by atoms with Gasteiger partial charge in [0.15, 0.2) is 6.10 Å². The summed E-state index contributed by atoms with van der Waals surface area (Å²) >= 11 is 0. The third-order valence-electron chi connectivity index (χ3n) is 12.4. The molecule has 0 saturated heterocycles. The minimum atomic E-state index is -0.776. The largest absolute Gasteiger partial charge is 0.462 e. The fraction of sp³-hybridized carbons (Fsp3) is 0.845. The molecule has 0 unspecified atom stereocenters. The van der Waals surface area contributed by atoms with E-state index in [0.29, 0.717) is 19.3 Å². The number of hydrogen-bond donors (Lipinski definition) is 0. The van der Waals surface area contributed by atoms with E-state index in [1.165, 1.54) is 173 Å². The quantitative estimate of drug-likeness (QED) is 0.0262. The number of carbonyl (C=O) groups is 3. The fourth-order valence-electron chi connectivity index (χ4n) is 8.10. The summed E-state index contributed by atoms with van der Waals surface area (Å²) in [5.74, 6) is -0.877. The molecule has 64 heavy (non-hydrogen) atoms. The van der Waals surface area contributed by atoms with Gasteiger partial charge in [0, 0.05) is 19.3 Å². The molecular formula is C58H106O6. The van der Waals surface area contributed by atoms with E-state index < -0.39 is 6.10 Å². The highest BCUT2D eigenvalue weighted by molar-refractivity contribution is 5.71. The first-order chi connectivity index (χ1) is 31.5. The van der Waals surface area contributed by atoms with Crippen LogP contribution in [0.4, 0.5) is 0 Å². The van der Waals surface area contributed by atoms with Crippen LogP contribution in [-0.4, -0.2) is 37.2 Å². The third-order valence-corrected chi connectivity index (χ3v) is 12.4. The number of allylic oxidation sites excluding steroid dienone is 6. The Morgan fingerprint density at radius 1 is 0.312 bits per heavy atom. The van der Waals surface area contributed by atoms with E-state index >= 15 is 0 Å². The Morgan fingerprint density at radius 3 is 0.922 bits per heavy atom. The zero-order valence-corrected chi connectivity index (χ0v) is 42.8. The lowest BCUT2D eigenvalue weighted by Gasteiger charge is -2.18. The molecule has 0 aliphatic rings. The van der Waals surface area contributed by atoms with Gasteiger partial charge >= 0.3 is 17.9 Å². The maximum atomic E-state index is 12.8. The van der Waals surface area contributed by atoms with Crippen molar-refractivity contribution in [2.45, 2.75) is 303 Å². The van der Waals surface area contributed by atoms with Gasteiger partial charge in [-0.25, -0.2) is 0 Å². The van der Waals surface area contributed by atoms with E-state index in [1.54, 1.807) is 0 Å². The average Bonchev–Trinajstić information content (AvgIpc) is 3.29. The van der Waals surface area contributed by atoms with E-state index in [4.69, 9.17) is 14.2 Å². The number of ether oxygens (including phenoxy) is 3. The molecule has 374 valence electrons. The van der Waals surface area contributed by atoms with Crippen LogP contribution in [-0.2, 0) is 28.6 Å². The average molecular weight is 899 g/mol. The summed E-state index contributed by atoms with van der Waals surface area (Å²) in [6.45, 7) is 6.61. The molecule has 0 saturated carbocycles. The highest BCUT2D eigenvalue weighted by atomic mass is 16.6. The minimum absolute atomic E-state index is 0.0751. The topological polar surface area (TPSA) is 78.9 Å². The Hall–Kier alpha value is -2.37. The second kappa shape index (κ2) is 53.2. The van der Waals surface area contributed by atoms with Crippen molar-refractivity contribution < 1.29 is 28.6 Å². The van der Waals surface area contributed by atoms with Crippen LogP contribution in [0.1, 0.15) is 297 Å². The molecule has 0 heterocycles. The van der Waals surface area contributed by atoms with Crippen LogP contribution in [0.3, 0.4) is 0 Å². The van der Waals surface area contributed by atoms with E-state index in [9.17, 15) is 14.4 Å². The molecule has 0 radical (unpaired) electrons. The molecule has 0 fully saturated rings. The zero-order valence-electron chi connectivity index (χ0n) is 42.8. The van der Waals surface area contributed by atoms with Gasteiger partial charge in [-0.3, -0.25) is 14.4 Å². The first kappa shape index (κ1) is 61.6. The van der Waals surface area contributed by atoms with E-state index in [1.807, 2.05) is 0 Å². The van der Waals surface area contributed by atoms with Crippen molar-refractivity contribution in [1.29, 1.82) is 0 Å². The van der Waals surface area contributed by atoms with Crippen molar-refractivity contribution in [2.24, 2.45) is 0 Å². The molecule has 0 aliphatic carbocycles. The van der Waals surface area contributed by atoms with Crippen LogP contribution in [0, 0.1) is 0 Å². The minimum Gasteiger partial charge on any atom is -0.462 e. The van der Waals surface area contributed by atoms with Crippen LogP contribution in [0.25, 0.3) is 0 Å². The summed E-state index contributed by atoms with van der Waals surface area (Å²) in [7, 11) is 0. The van der Waals surface area contributed by atoms with Crippen LogP contribution >= 0.6 is 0 Å². The monoisotopic (exact) mass is 899 g/mol. The van der Waals surface area contributed by atoms with Gasteiger partial charge < -0.3 is 14.2 Å². The van der Waals surface area contributed by atoms with E-state index in [2.05, 4.69) is 57.2 Å². The number of unbranched alkanes of at least 4 members (excludes halogenated alkanes) is 34. The van der Waals surface area contributed by atoms with E-state index in [-0.39, 0.29) is 31.1 Å². The Balaban J connectivity index is 4.33. The van der Waals surface area contributed by atoms with Crippen molar-refractivity contribution in [1.82, 2.24) is 0 Å². The Labute approximate surface area is 397 Å². The van der Waals surface area contributed by atoms with Crippen molar-refractivity contribution in [3.05, 3.63) is 36.5 Å². The predicted octanol–water partition coefficient (Wildman–Crippen LogP) is 18.5. The maximum Gasteiger partial charge on any atom is 0.306 e. The van der Waals surface area contributed by atoms with Gasteiger partial charge in [-0.05, 0) is 70.6 Å². The molecule has 0 amide bonds. The Morgan fingerprint density at radius 2 is 0.578 bits per heavy atom. The second-order valence-electron chi connectivity index (χ2n) is 18.8. The van der Waals surface area contributed by atoms with Gasteiger partial charge in [-0.2, -0.15) is 0 Å². The van der Waals surface area contributed by atoms with E-state index in [0.717, 1.165) is 83.5 Å². The molecule has 0 N–H and O–H groups in total. The molecule has 6 heteroatoms. The maximum absolute atomic E-state index is 12.8. The molecule has 0 aromatic carbocycles. The first-order valence-electron chi connectivity index (χ1n) is 28.0. The summed E-state index contributed by atoms with van der Waals surface area (Å²) in [6, 6.07) is 0. The third kappa shape index (κ3) is 50.6. The van der Waals surface area contributed by atoms with Crippen molar-refractivity contribution in [3.8, 4) is 0 Å². The Kier molecular flexibility index (Phi) is 51.3. The van der Waals surface area contributed by atoms with Crippen LogP contribution in [0.2, 0.25) is 0 Å². The normalized spacial score (nSPS) is 12.2. The summed E-state index contributed by atoms with van der Waals surface area (Å²) < 4.78 is 16.8. The highest BCUT2D eigenvalue weighted by Gasteiger charge is 2.19. The number of esters is 3. The smallest absolute Gasteiger partial charge is 0.306 e. The summed E-state index contributed by atoms with van der Waals surface area (Å²) in [6.07, 6.45) is 62.7. The van der Waals surface area contributed by atoms with Gasteiger partial charge in [-0.1, -0.05) is 243 Å². The number of rotatable bonds is 51. The van der Waals surface area contributed by atoms with Crippen LogP contribution in [0.15, 0.2) is 36.5 Å². The van der Waals surface area contributed by atoms with Crippen LogP contribution in [0.5, 0.6) is 0 Å². The molecule has 1 atom stereocenters. The molecular weight excluding hydrogens is 793 g/mol. The van der Waals surface area contributed by atoms with Gasteiger partial charge in [0.2, 0.25) is 0 Å². The SMILES string of the molecule is CCCC/C=C\C/C=C\CCCCCCCC(=O)O[C@@H](COC(=O)CCCCCCCCCCC/C=C\CCCCCCCC)COC(=O)CCCCCCCCCCCCCCC. The first-order valence-corrected chi connectivity index (χ1v) is 28.0. The van der Waals surface area contributed by atoms with Crippen molar-refractivity contribution >= 4 is 17.9 Å². The van der Waals surface area contributed by atoms with Gasteiger partial charge in [0.1, 0.15) is 13.2 Å². The molecule has 0 aliphatic heterocycles. The standard InChI is InChI=1S/C58H106O6/c1-4-7-10-13-16-19-22-25-27-28-29-30-31-34-36-39-42-45-48-51-57(60)63-54-55(53-62-56(59)50-47-44-41-38-35-32-24-21-18-15-12-9-6-3)64-58(61)52-49-46-43-40-37-33-26-23-20-17-14-11-8-5-2/h14,17,23,25-27,55H,4-13,15-16,18-22,24,28-54H2,1-3H3/b17-14-,26-23-,27-25-/t55-/m1/s1. The molecule has 0 aromatic heterocycles. The summed E-state index contributed by atoms with van der Waals surface area (Å²) in [5, 5.41) is 0. The molecule has 6 nitrogen and oxygen atoms in total. The van der Waals surface area contributed by atoms with Gasteiger partial charge in [0.05, 0.1) is 0 Å². The molecule has 0 bridgehead atoms. The summed E-state index contributed by atoms with van der Waals surface area (Å²) in [5.41, 5.74) is 0. The number of carbonyl (C=O) groups excluding carboxylic acids is 3. The van der Waals surface area contributed by atoms with Gasteiger partial charge in [-0.15, -0.1) is 0 Å². The lowest BCUT2D eigenvalue weighted by molar-refractivity contribution is -0.167. The zero-order chi connectivity index (χ0) is 46.5. The van der Waals surface area contributed by atoms with Gasteiger partial charge in [0.25, 0.3) is 0 Å². The second-order valence-corrected chi connectivity index (χ2v) is 18.8. The van der Waals surface area contributed by atoms with Crippen molar-refractivity contribution in [2.75, 3.05) is 13.2 Å². The predicted molar refractivity (Wildman–Crippen MR) is 275 cm³/mol. The molecule has 0 rings (SSSR count). The molecule has 0 spiro atoms. The molecule has 0 aromatic rings. The fourth-order valence-corrected chi connectivity index (χ4v) is 8.10. The van der Waals surface area contributed by atoms with Crippen LogP contribution < -0.4 is 0 Å². The summed E-state index contributed by atoms with van der Waals surface area (Å²) in [4.78, 5) is 38.1. The lowest BCUT2D eigenvalue weighted by Crippen LogP contribution is -2.30. The number of hydrogen-bond acceptors (Lipinski definition) is 6.